The number of carbonyl (C=O) groups is 4. The van der Waals surface area contributed by atoms with Gasteiger partial charge in [-0.3, -0.25) is 9.59 Å². The predicted molar refractivity (Wildman–Crippen MR) is 68.7 cm³/mol. The van der Waals surface area contributed by atoms with Gasteiger partial charge in [-0.05, 0) is 6.92 Å². The Labute approximate surface area is 119 Å². The maximum atomic E-state index is 10.3. The van der Waals surface area contributed by atoms with Crippen LogP contribution in [0, 0.1) is 0 Å². The van der Waals surface area contributed by atoms with Crippen LogP contribution in [0.25, 0.3) is 0 Å². The van der Waals surface area contributed by atoms with Crippen LogP contribution in [0.15, 0.2) is 24.3 Å². The fourth-order valence-electron chi connectivity index (χ4n) is 0.963. The maximum Gasteiger partial charge on any atom is 0.336 e. The molecule has 0 saturated carbocycles. The molecule has 0 rings (SSSR count). The molecule has 0 aliphatic rings. The lowest BCUT2D eigenvalue weighted by atomic mass is 9.96. The van der Waals surface area contributed by atoms with E-state index in [-0.39, 0.29) is 0 Å². The van der Waals surface area contributed by atoms with Gasteiger partial charge in [0.15, 0.2) is 5.60 Å². The number of aliphatic carboxylic acids is 4. The molecule has 0 unspecified atom stereocenters. The van der Waals surface area contributed by atoms with Crippen LogP contribution in [0.1, 0.15) is 19.8 Å². The van der Waals surface area contributed by atoms with E-state index < -0.39 is 42.3 Å². The van der Waals surface area contributed by atoms with E-state index in [4.69, 9.17) is 25.5 Å². The molecule has 0 heterocycles. The minimum Gasteiger partial charge on any atom is -0.481 e. The van der Waals surface area contributed by atoms with Crippen LogP contribution in [0.5, 0.6) is 0 Å². The summed E-state index contributed by atoms with van der Waals surface area (Å²) in [5.41, 5.74) is -2.74. The van der Waals surface area contributed by atoms with Crippen molar-refractivity contribution in [3.05, 3.63) is 24.3 Å². The van der Waals surface area contributed by atoms with Crippen LogP contribution in [-0.4, -0.2) is 55.0 Å². The van der Waals surface area contributed by atoms with Crippen LogP contribution in [0.4, 0.5) is 0 Å². The zero-order valence-corrected chi connectivity index (χ0v) is 11.1. The lowest BCUT2D eigenvalue weighted by Crippen LogP contribution is -2.42. The molecule has 0 aliphatic carbocycles. The molecule has 0 saturated heterocycles. The number of hydrogen-bond acceptors (Lipinski definition) is 5. The Balaban J connectivity index is 0. The van der Waals surface area contributed by atoms with E-state index in [1.165, 1.54) is 6.08 Å². The number of allylic oxidation sites excluding steroid dienone is 3. The highest BCUT2D eigenvalue weighted by Gasteiger charge is 2.40. The van der Waals surface area contributed by atoms with Crippen molar-refractivity contribution in [2.24, 2.45) is 0 Å². The zero-order chi connectivity index (χ0) is 17.1. The number of carboxylic acid groups (broad SMARTS) is 4. The van der Waals surface area contributed by atoms with Crippen molar-refractivity contribution in [2.45, 2.75) is 25.4 Å². The monoisotopic (exact) mass is 304 g/mol. The van der Waals surface area contributed by atoms with Gasteiger partial charge in [-0.15, -0.1) is 0 Å². The molecule has 0 aromatic heterocycles. The summed E-state index contributed by atoms with van der Waals surface area (Å²) in [7, 11) is 0. The highest BCUT2D eigenvalue weighted by atomic mass is 16.4. The van der Waals surface area contributed by atoms with Gasteiger partial charge in [0, 0.05) is 6.08 Å². The molecule has 0 radical (unpaired) electrons. The molecule has 0 spiro atoms. The third kappa shape index (κ3) is 12.1. The molecule has 9 heteroatoms. The summed E-state index contributed by atoms with van der Waals surface area (Å²) in [6.07, 6.45) is 3.69. The first-order valence-corrected chi connectivity index (χ1v) is 5.46. The molecule has 0 aromatic carbocycles. The van der Waals surface area contributed by atoms with Crippen molar-refractivity contribution in [3.8, 4) is 0 Å². The number of carboxylic acids is 4. The van der Waals surface area contributed by atoms with Gasteiger partial charge >= 0.3 is 23.9 Å². The van der Waals surface area contributed by atoms with Gasteiger partial charge in [-0.2, -0.15) is 0 Å². The smallest absolute Gasteiger partial charge is 0.336 e. The van der Waals surface area contributed by atoms with Gasteiger partial charge in [0.2, 0.25) is 0 Å². The van der Waals surface area contributed by atoms with E-state index >= 15 is 0 Å². The Kier molecular flexibility index (Phi) is 9.97. The van der Waals surface area contributed by atoms with E-state index in [1.807, 2.05) is 6.92 Å². The number of rotatable bonds is 7. The molecule has 9 nitrogen and oxygen atoms in total. The average molecular weight is 304 g/mol. The second-order valence-corrected chi connectivity index (χ2v) is 3.70. The third-order valence-electron chi connectivity index (χ3n) is 1.83. The lowest BCUT2D eigenvalue weighted by Gasteiger charge is -2.18. The average Bonchev–Trinajstić information content (AvgIpc) is 2.27. The standard InChI is InChI=1S/C6H8O7.C6H8O2/c7-3(8)1-6(13,5(11)12)2-4(9)10;1-2-3-4-5-6(7)8/h13H,1-2H2,(H,7,8)(H,9,10)(H,11,12);2-5H,1H3,(H,7,8)/b;3-2+,5-4+. The molecular formula is C12H16O9. The van der Waals surface area contributed by atoms with E-state index in [2.05, 4.69) is 0 Å². The maximum absolute atomic E-state index is 10.3. The highest BCUT2D eigenvalue weighted by Crippen LogP contribution is 2.15. The van der Waals surface area contributed by atoms with Crippen LogP contribution < -0.4 is 0 Å². The first-order chi connectivity index (χ1) is 9.55. The summed E-state index contributed by atoms with van der Waals surface area (Å²) in [4.78, 5) is 40.2. The summed E-state index contributed by atoms with van der Waals surface area (Å²) in [5.74, 6) is -5.93. The van der Waals surface area contributed by atoms with Crippen molar-refractivity contribution in [1.82, 2.24) is 0 Å². The van der Waals surface area contributed by atoms with Gasteiger partial charge in [0.05, 0.1) is 12.8 Å². The van der Waals surface area contributed by atoms with Crippen molar-refractivity contribution < 1.29 is 44.7 Å². The van der Waals surface area contributed by atoms with Crippen LogP contribution in [0.3, 0.4) is 0 Å². The summed E-state index contributed by atoms with van der Waals surface area (Å²) in [5, 5.41) is 41.8. The molecule has 0 fully saturated rings. The molecule has 0 aliphatic heterocycles. The SMILES string of the molecule is C/C=C/C=C/C(=O)O.O=C(O)CC(O)(CC(=O)O)C(=O)O. The highest BCUT2D eigenvalue weighted by molar-refractivity contribution is 5.88. The van der Waals surface area contributed by atoms with Crippen LogP contribution in [-0.2, 0) is 19.2 Å². The topological polar surface area (TPSA) is 169 Å². The molecule has 21 heavy (non-hydrogen) atoms. The van der Waals surface area contributed by atoms with E-state index in [0.29, 0.717) is 0 Å². The fourth-order valence-corrected chi connectivity index (χ4v) is 0.963. The second-order valence-electron chi connectivity index (χ2n) is 3.70. The van der Waals surface area contributed by atoms with Crippen molar-refractivity contribution in [1.29, 1.82) is 0 Å². The van der Waals surface area contributed by atoms with E-state index in [9.17, 15) is 19.2 Å². The van der Waals surface area contributed by atoms with Gasteiger partial charge in [-0.1, -0.05) is 18.2 Å². The van der Waals surface area contributed by atoms with E-state index in [0.717, 1.165) is 6.08 Å². The molecule has 0 bridgehead atoms. The Morgan fingerprint density at radius 3 is 1.57 bits per heavy atom. The normalized spacial score (nSPS) is 11.0. The van der Waals surface area contributed by atoms with Gasteiger partial charge in [0.1, 0.15) is 0 Å². The van der Waals surface area contributed by atoms with E-state index in [1.54, 1.807) is 12.2 Å². The van der Waals surface area contributed by atoms with Gasteiger partial charge in [-0.25, -0.2) is 9.59 Å². The van der Waals surface area contributed by atoms with Crippen LogP contribution >= 0.6 is 0 Å². The molecular weight excluding hydrogens is 288 g/mol. The molecule has 118 valence electrons. The molecule has 0 aromatic rings. The summed E-state index contributed by atoms with van der Waals surface area (Å²) in [6.45, 7) is 1.83. The Bertz CT molecular complexity index is 432. The molecule has 5 N–H and O–H groups in total. The summed E-state index contributed by atoms with van der Waals surface area (Å²) < 4.78 is 0. The van der Waals surface area contributed by atoms with Crippen LogP contribution in [0.2, 0.25) is 0 Å². The Hall–Kier alpha value is -2.68. The van der Waals surface area contributed by atoms with Crippen molar-refractivity contribution in [3.63, 3.8) is 0 Å². The predicted octanol–water partition coefficient (Wildman–Crippen LogP) is -0.0452. The summed E-state index contributed by atoms with van der Waals surface area (Å²) >= 11 is 0. The minimum absolute atomic E-state index is 0.914. The van der Waals surface area contributed by atoms with Gasteiger partial charge < -0.3 is 25.5 Å². The molecule has 0 amide bonds. The summed E-state index contributed by atoms with van der Waals surface area (Å²) in [6, 6.07) is 0. The Morgan fingerprint density at radius 1 is 0.905 bits per heavy atom. The first-order valence-electron chi connectivity index (χ1n) is 5.46. The minimum atomic E-state index is -2.74. The quantitative estimate of drug-likeness (QED) is 0.319. The van der Waals surface area contributed by atoms with Gasteiger partial charge in [0.25, 0.3) is 0 Å². The second kappa shape index (κ2) is 10.1. The number of aliphatic hydroxyl groups is 1. The largest absolute Gasteiger partial charge is 0.481 e. The Morgan fingerprint density at radius 2 is 1.33 bits per heavy atom. The zero-order valence-electron chi connectivity index (χ0n) is 11.1. The lowest BCUT2D eigenvalue weighted by molar-refractivity contribution is -0.170. The van der Waals surface area contributed by atoms with Crippen molar-refractivity contribution >= 4 is 23.9 Å². The fraction of sp³-hybridized carbons (Fsp3) is 0.333. The number of hydrogen-bond donors (Lipinski definition) is 5. The van der Waals surface area contributed by atoms with Crippen molar-refractivity contribution in [2.75, 3.05) is 0 Å². The third-order valence-corrected chi connectivity index (χ3v) is 1.83. The molecule has 0 atom stereocenters. The first kappa shape index (κ1) is 20.6.